The summed E-state index contributed by atoms with van der Waals surface area (Å²) in [5.41, 5.74) is 1.29. The van der Waals surface area contributed by atoms with Gasteiger partial charge in [-0.05, 0) is 30.9 Å². The fourth-order valence-electron chi connectivity index (χ4n) is 3.09. The zero-order valence-electron chi connectivity index (χ0n) is 14.8. The zero-order chi connectivity index (χ0) is 17.4. The van der Waals surface area contributed by atoms with E-state index >= 15 is 0 Å². The topological polar surface area (TPSA) is 53.2 Å². The molecule has 0 spiro atoms. The highest BCUT2D eigenvalue weighted by atomic mass is 32.1. The number of benzene rings is 1. The van der Waals surface area contributed by atoms with Crippen molar-refractivity contribution in [1.82, 2.24) is 16.0 Å². The predicted molar refractivity (Wildman–Crippen MR) is 104 cm³/mol. The van der Waals surface area contributed by atoms with Gasteiger partial charge in [0.1, 0.15) is 0 Å². The molecule has 1 aliphatic heterocycles. The van der Waals surface area contributed by atoms with Crippen LogP contribution in [0.1, 0.15) is 32.3 Å². The van der Waals surface area contributed by atoms with Crippen molar-refractivity contribution < 1.29 is 4.79 Å². The van der Waals surface area contributed by atoms with Gasteiger partial charge < -0.3 is 16.0 Å². The van der Waals surface area contributed by atoms with Crippen molar-refractivity contribution in [3.05, 3.63) is 35.9 Å². The molecule has 24 heavy (non-hydrogen) atoms. The molecule has 0 radical (unpaired) electrons. The standard InChI is InChI=1S/C19H31N3OS/c1-3-14(2)18(20-10-9-15-7-5-4-6-8-15)19(23)22-12-16-11-17(24)13-21-16/h4-8,14,16-18,20-21,24H,3,9-13H2,1-2H3,(H,22,23)/t14-,16?,17?,18-/m0/s1. The molecule has 0 aromatic heterocycles. The summed E-state index contributed by atoms with van der Waals surface area (Å²) in [6, 6.07) is 10.6. The molecule has 134 valence electrons. The summed E-state index contributed by atoms with van der Waals surface area (Å²) < 4.78 is 0. The molecule has 0 bridgehead atoms. The van der Waals surface area contributed by atoms with Crippen molar-refractivity contribution >= 4 is 18.5 Å². The molecule has 1 amide bonds. The van der Waals surface area contributed by atoms with Crippen LogP contribution in [0.5, 0.6) is 0 Å². The van der Waals surface area contributed by atoms with Crippen LogP contribution in [0.4, 0.5) is 0 Å². The summed E-state index contributed by atoms with van der Waals surface area (Å²) in [5, 5.41) is 10.4. The Morgan fingerprint density at radius 3 is 2.75 bits per heavy atom. The van der Waals surface area contributed by atoms with Gasteiger partial charge in [-0.15, -0.1) is 0 Å². The number of carbonyl (C=O) groups is 1. The van der Waals surface area contributed by atoms with Crippen LogP contribution in [0, 0.1) is 5.92 Å². The van der Waals surface area contributed by atoms with E-state index in [9.17, 15) is 4.79 Å². The summed E-state index contributed by atoms with van der Waals surface area (Å²) in [6.45, 7) is 6.69. The van der Waals surface area contributed by atoms with E-state index in [0.29, 0.717) is 23.8 Å². The quantitative estimate of drug-likeness (QED) is 0.516. The van der Waals surface area contributed by atoms with E-state index in [-0.39, 0.29) is 11.9 Å². The second-order valence-electron chi connectivity index (χ2n) is 6.79. The Balaban J connectivity index is 1.79. The SMILES string of the molecule is CC[C@H](C)[C@H](NCCc1ccccc1)C(=O)NCC1CC(S)CN1. The van der Waals surface area contributed by atoms with E-state index in [1.807, 2.05) is 6.07 Å². The van der Waals surface area contributed by atoms with Crippen molar-refractivity contribution in [3.8, 4) is 0 Å². The molecule has 1 saturated heterocycles. The number of amides is 1. The van der Waals surface area contributed by atoms with Gasteiger partial charge in [0, 0.05) is 24.4 Å². The largest absolute Gasteiger partial charge is 0.353 e. The van der Waals surface area contributed by atoms with Crippen molar-refractivity contribution in [1.29, 1.82) is 0 Å². The van der Waals surface area contributed by atoms with Gasteiger partial charge in [-0.1, -0.05) is 50.6 Å². The lowest BCUT2D eigenvalue weighted by molar-refractivity contribution is -0.124. The van der Waals surface area contributed by atoms with Gasteiger partial charge in [-0.2, -0.15) is 12.6 Å². The first-order valence-electron chi connectivity index (χ1n) is 9.06. The Morgan fingerprint density at radius 1 is 1.38 bits per heavy atom. The van der Waals surface area contributed by atoms with Crippen LogP contribution < -0.4 is 16.0 Å². The molecular weight excluding hydrogens is 318 g/mol. The highest BCUT2D eigenvalue weighted by Crippen LogP contribution is 2.12. The second-order valence-corrected chi connectivity index (χ2v) is 7.52. The highest BCUT2D eigenvalue weighted by Gasteiger charge is 2.26. The summed E-state index contributed by atoms with van der Waals surface area (Å²) >= 11 is 4.48. The normalized spacial score (nSPS) is 23.0. The van der Waals surface area contributed by atoms with Gasteiger partial charge in [0.15, 0.2) is 0 Å². The van der Waals surface area contributed by atoms with E-state index in [1.165, 1.54) is 5.56 Å². The van der Waals surface area contributed by atoms with Crippen LogP contribution in [0.25, 0.3) is 0 Å². The monoisotopic (exact) mass is 349 g/mol. The third-order valence-corrected chi connectivity index (χ3v) is 5.23. The van der Waals surface area contributed by atoms with Crippen LogP contribution in [-0.4, -0.2) is 42.9 Å². The lowest BCUT2D eigenvalue weighted by Crippen LogP contribution is -2.50. The molecule has 4 nitrogen and oxygen atoms in total. The Labute approximate surface area is 151 Å². The Morgan fingerprint density at radius 2 is 2.12 bits per heavy atom. The summed E-state index contributed by atoms with van der Waals surface area (Å²) in [5.74, 6) is 0.428. The number of nitrogens with one attached hydrogen (secondary N) is 3. The van der Waals surface area contributed by atoms with Crippen molar-refractivity contribution in [2.24, 2.45) is 5.92 Å². The maximum absolute atomic E-state index is 12.6. The number of hydrogen-bond acceptors (Lipinski definition) is 4. The molecule has 1 aromatic rings. The molecule has 0 saturated carbocycles. The van der Waals surface area contributed by atoms with Crippen LogP contribution >= 0.6 is 12.6 Å². The molecule has 5 heteroatoms. The Hall–Kier alpha value is -1.04. The average molecular weight is 350 g/mol. The maximum atomic E-state index is 12.6. The molecule has 1 aromatic carbocycles. The van der Waals surface area contributed by atoms with Gasteiger partial charge in [0.2, 0.25) is 5.91 Å². The zero-order valence-corrected chi connectivity index (χ0v) is 15.7. The number of rotatable bonds is 9. The Kier molecular flexibility index (Phi) is 8.09. The minimum atomic E-state index is -0.132. The second kappa shape index (κ2) is 10.1. The summed E-state index contributed by atoms with van der Waals surface area (Å²) in [4.78, 5) is 12.6. The molecular formula is C19H31N3OS. The number of hydrogen-bond donors (Lipinski definition) is 4. The molecule has 2 unspecified atom stereocenters. The third kappa shape index (κ3) is 6.11. The minimum absolute atomic E-state index is 0.113. The maximum Gasteiger partial charge on any atom is 0.237 e. The molecule has 3 N–H and O–H groups in total. The van der Waals surface area contributed by atoms with Crippen molar-refractivity contribution in [2.75, 3.05) is 19.6 Å². The van der Waals surface area contributed by atoms with Crippen LogP contribution in [0.15, 0.2) is 30.3 Å². The van der Waals surface area contributed by atoms with E-state index < -0.39 is 0 Å². The number of thiol groups is 1. The first kappa shape index (κ1) is 19.3. The van der Waals surface area contributed by atoms with E-state index in [1.54, 1.807) is 0 Å². The molecule has 4 atom stereocenters. The lowest BCUT2D eigenvalue weighted by atomic mass is 9.98. The van der Waals surface area contributed by atoms with E-state index in [2.05, 4.69) is 66.7 Å². The van der Waals surface area contributed by atoms with Crippen molar-refractivity contribution in [2.45, 2.75) is 50.4 Å². The number of carbonyl (C=O) groups excluding carboxylic acids is 1. The van der Waals surface area contributed by atoms with Gasteiger partial charge in [-0.25, -0.2) is 0 Å². The van der Waals surface area contributed by atoms with Gasteiger partial charge in [0.05, 0.1) is 6.04 Å². The first-order valence-corrected chi connectivity index (χ1v) is 9.58. The molecule has 1 aliphatic rings. The molecule has 0 aliphatic carbocycles. The predicted octanol–water partition coefficient (Wildman–Crippen LogP) is 2.01. The highest BCUT2D eigenvalue weighted by molar-refractivity contribution is 7.81. The van der Waals surface area contributed by atoms with Crippen LogP contribution in [0.3, 0.4) is 0 Å². The molecule has 1 fully saturated rings. The van der Waals surface area contributed by atoms with E-state index in [0.717, 1.165) is 32.4 Å². The summed E-state index contributed by atoms with van der Waals surface area (Å²) in [7, 11) is 0. The molecule has 1 heterocycles. The lowest BCUT2D eigenvalue weighted by Gasteiger charge is -2.24. The smallest absolute Gasteiger partial charge is 0.237 e. The van der Waals surface area contributed by atoms with Crippen molar-refractivity contribution in [3.63, 3.8) is 0 Å². The van der Waals surface area contributed by atoms with Crippen LogP contribution in [0.2, 0.25) is 0 Å². The van der Waals surface area contributed by atoms with Crippen LogP contribution in [-0.2, 0) is 11.2 Å². The fraction of sp³-hybridized carbons (Fsp3) is 0.632. The van der Waals surface area contributed by atoms with Gasteiger partial charge in [0.25, 0.3) is 0 Å². The molecule has 2 rings (SSSR count). The average Bonchev–Trinajstić information content (AvgIpc) is 3.02. The summed E-state index contributed by atoms with van der Waals surface area (Å²) in [6.07, 6.45) is 2.93. The minimum Gasteiger partial charge on any atom is -0.353 e. The first-order chi connectivity index (χ1) is 11.6. The Bertz CT molecular complexity index is 497. The third-order valence-electron chi connectivity index (χ3n) is 4.84. The fourth-order valence-corrected chi connectivity index (χ4v) is 3.45. The van der Waals surface area contributed by atoms with Gasteiger partial charge >= 0.3 is 0 Å². The van der Waals surface area contributed by atoms with E-state index in [4.69, 9.17) is 0 Å². The van der Waals surface area contributed by atoms with Gasteiger partial charge in [-0.3, -0.25) is 4.79 Å².